The van der Waals surface area contributed by atoms with Crippen molar-refractivity contribution in [3.63, 3.8) is 0 Å². The van der Waals surface area contributed by atoms with Gasteiger partial charge in [0.1, 0.15) is 6.04 Å². The molecule has 1 aromatic carbocycles. The summed E-state index contributed by atoms with van der Waals surface area (Å²) < 4.78 is 26.4. The van der Waals surface area contributed by atoms with E-state index in [1.165, 1.54) is 0 Å². The van der Waals surface area contributed by atoms with Gasteiger partial charge in [-0.15, -0.1) is 0 Å². The average Bonchev–Trinajstić information content (AvgIpc) is 2.37. The molecule has 3 N–H and O–H groups in total. The van der Waals surface area contributed by atoms with E-state index in [1.807, 2.05) is 0 Å². The van der Waals surface area contributed by atoms with Crippen LogP contribution in [0.1, 0.15) is 6.92 Å². The minimum Gasteiger partial charge on any atom is -0.394 e. The first kappa shape index (κ1) is 13.7. The second-order valence-electron chi connectivity index (χ2n) is 4.43. The Kier molecular flexibility index (Phi) is 3.68. The molecule has 1 heterocycles. The molecule has 7 heteroatoms. The first-order chi connectivity index (χ1) is 8.93. The Morgan fingerprint density at radius 2 is 2.05 bits per heavy atom. The molecule has 1 aliphatic rings. The molecular formula is C12H14F2N2O3. The van der Waals surface area contributed by atoms with Crippen LogP contribution in [0.5, 0.6) is 0 Å². The Hall–Kier alpha value is -1.73. The van der Waals surface area contributed by atoms with Gasteiger partial charge in [0.2, 0.25) is 5.91 Å². The third-order valence-corrected chi connectivity index (χ3v) is 2.94. The van der Waals surface area contributed by atoms with E-state index >= 15 is 0 Å². The molecule has 0 radical (unpaired) electrons. The van der Waals surface area contributed by atoms with Gasteiger partial charge in [0, 0.05) is 12.1 Å². The number of nitrogens with one attached hydrogen (secondary N) is 1. The van der Waals surface area contributed by atoms with Crippen LogP contribution in [0.4, 0.5) is 20.2 Å². The maximum atomic E-state index is 13.3. The van der Waals surface area contributed by atoms with E-state index in [-0.39, 0.29) is 23.8 Å². The van der Waals surface area contributed by atoms with Crippen molar-refractivity contribution in [3.8, 4) is 0 Å². The Morgan fingerprint density at radius 3 is 2.68 bits per heavy atom. The topological polar surface area (TPSA) is 72.8 Å². The highest BCUT2D eigenvalue weighted by molar-refractivity contribution is 6.04. The lowest BCUT2D eigenvalue weighted by atomic mass is 10.1. The van der Waals surface area contributed by atoms with Gasteiger partial charge in [-0.3, -0.25) is 4.79 Å². The summed E-state index contributed by atoms with van der Waals surface area (Å²) in [6.45, 7) is 0.870. The summed E-state index contributed by atoms with van der Waals surface area (Å²) in [5.74, 6) is -2.48. The van der Waals surface area contributed by atoms with Gasteiger partial charge in [0.15, 0.2) is 11.6 Å². The first-order valence-electron chi connectivity index (χ1n) is 5.80. The summed E-state index contributed by atoms with van der Waals surface area (Å²) in [7, 11) is 0. The van der Waals surface area contributed by atoms with Crippen molar-refractivity contribution < 1.29 is 23.8 Å². The van der Waals surface area contributed by atoms with E-state index in [4.69, 9.17) is 5.11 Å². The highest BCUT2D eigenvalue weighted by atomic mass is 19.2. The zero-order valence-corrected chi connectivity index (χ0v) is 10.2. The molecule has 0 saturated heterocycles. The molecule has 0 aliphatic carbocycles. The quantitative estimate of drug-likeness (QED) is 0.747. The van der Waals surface area contributed by atoms with E-state index in [0.717, 1.165) is 17.0 Å². The zero-order chi connectivity index (χ0) is 14.2. The van der Waals surface area contributed by atoms with Crippen LogP contribution in [0.25, 0.3) is 0 Å². The summed E-state index contributed by atoms with van der Waals surface area (Å²) in [6.07, 6.45) is -1.14. The molecule has 2 atom stereocenters. The van der Waals surface area contributed by atoms with Gasteiger partial charge >= 0.3 is 0 Å². The summed E-state index contributed by atoms with van der Waals surface area (Å²) in [6, 6.07) is 1.24. The number of anilines is 2. The molecule has 1 aliphatic heterocycles. The van der Waals surface area contributed by atoms with Crippen molar-refractivity contribution in [1.29, 1.82) is 0 Å². The highest BCUT2D eigenvalue weighted by Gasteiger charge is 2.31. The number of benzene rings is 1. The normalized spacial score (nSPS) is 19.9. The molecule has 0 fully saturated rings. The SMILES string of the molecule is CC1Nc2cc(F)c(F)cc2N(CC(O)CO)C1=O. The highest BCUT2D eigenvalue weighted by Crippen LogP contribution is 2.33. The van der Waals surface area contributed by atoms with Gasteiger partial charge < -0.3 is 20.4 Å². The standard InChI is InChI=1S/C12H14F2N2O3/c1-6-12(19)16(4-7(18)5-17)11-3-9(14)8(13)2-10(11)15-6/h2-3,6-7,15,17-18H,4-5H2,1H3. The maximum Gasteiger partial charge on any atom is 0.249 e. The number of β-amino-alcohol motifs (C(OH)–C–C–N with tert-alkyl or cyclic N) is 1. The van der Waals surface area contributed by atoms with Crippen LogP contribution in [0.15, 0.2) is 12.1 Å². The molecule has 2 rings (SSSR count). The van der Waals surface area contributed by atoms with Crippen molar-refractivity contribution in [3.05, 3.63) is 23.8 Å². The molecule has 104 valence electrons. The number of aliphatic hydroxyl groups excluding tert-OH is 2. The van der Waals surface area contributed by atoms with Gasteiger partial charge in [-0.2, -0.15) is 0 Å². The summed E-state index contributed by atoms with van der Waals surface area (Å²) in [4.78, 5) is 13.1. The van der Waals surface area contributed by atoms with E-state index in [9.17, 15) is 18.7 Å². The van der Waals surface area contributed by atoms with Crippen molar-refractivity contribution in [1.82, 2.24) is 0 Å². The fraction of sp³-hybridized carbons (Fsp3) is 0.417. The van der Waals surface area contributed by atoms with E-state index in [0.29, 0.717) is 0 Å². The van der Waals surface area contributed by atoms with Gasteiger partial charge in [0.05, 0.1) is 30.6 Å². The maximum absolute atomic E-state index is 13.3. The number of halogens is 2. The number of aliphatic hydroxyl groups is 2. The van der Waals surface area contributed by atoms with E-state index < -0.39 is 30.4 Å². The summed E-state index contributed by atoms with van der Waals surface area (Å²) in [5.41, 5.74) is 0.422. The Morgan fingerprint density at radius 1 is 1.42 bits per heavy atom. The molecular weight excluding hydrogens is 258 g/mol. The number of hydrogen-bond acceptors (Lipinski definition) is 4. The molecule has 2 unspecified atom stereocenters. The molecule has 0 spiro atoms. The van der Waals surface area contributed by atoms with Crippen LogP contribution in [0, 0.1) is 11.6 Å². The van der Waals surface area contributed by atoms with Crippen LogP contribution in [0.3, 0.4) is 0 Å². The van der Waals surface area contributed by atoms with Gasteiger partial charge in [-0.25, -0.2) is 8.78 Å². The van der Waals surface area contributed by atoms with Gasteiger partial charge in [-0.05, 0) is 6.92 Å². The molecule has 1 amide bonds. The average molecular weight is 272 g/mol. The Balaban J connectivity index is 2.43. The fourth-order valence-corrected chi connectivity index (χ4v) is 1.98. The number of nitrogens with zero attached hydrogens (tertiary/aromatic N) is 1. The largest absolute Gasteiger partial charge is 0.394 e. The van der Waals surface area contributed by atoms with E-state index in [2.05, 4.69) is 5.32 Å². The molecule has 0 aromatic heterocycles. The van der Waals surface area contributed by atoms with Crippen molar-refractivity contribution >= 4 is 17.3 Å². The Bertz CT molecular complexity index is 510. The number of carbonyl (C=O) groups excluding carboxylic acids is 1. The van der Waals surface area contributed by atoms with Crippen LogP contribution in [-0.4, -0.2) is 41.4 Å². The third kappa shape index (κ3) is 2.52. The number of rotatable bonds is 3. The zero-order valence-electron chi connectivity index (χ0n) is 10.2. The first-order valence-corrected chi connectivity index (χ1v) is 5.80. The second-order valence-corrected chi connectivity index (χ2v) is 4.43. The number of carbonyl (C=O) groups is 1. The summed E-state index contributed by atoms with van der Waals surface area (Å²) in [5, 5.41) is 21.0. The van der Waals surface area contributed by atoms with Crippen molar-refractivity contribution in [2.75, 3.05) is 23.4 Å². The molecule has 0 bridgehead atoms. The predicted octanol–water partition coefficient (Wildman–Crippen LogP) is 0.465. The van der Waals surface area contributed by atoms with Gasteiger partial charge in [-0.1, -0.05) is 0 Å². The molecule has 19 heavy (non-hydrogen) atoms. The Labute approximate surface area is 108 Å². The van der Waals surface area contributed by atoms with Crippen LogP contribution in [-0.2, 0) is 4.79 Å². The van der Waals surface area contributed by atoms with Crippen LogP contribution in [0.2, 0.25) is 0 Å². The minimum absolute atomic E-state index is 0.148. The second kappa shape index (κ2) is 5.10. The molecule has 0 saturated carbocycles. The lowest BCUT2D eigenvalue weighted by Gasteiger charge is -2.34. The number of fused-ring (bicyclic) bond motifs is 1. The van der Waals surface area contributed by atoms with Crippen LogP contribution >= 0.6 is 0 Å². The smallest absolute Gasteiger partial charge is 0.249 e. The van der Waals surface area contributed by atoms with Crippen molar-refractivity contribution in [2.45, 2.75) is 19.1 Å². The fourth-order valence-electron chi connectivity index (χ4n) is 1.98. The van der Waals surface area contributed by atoms with Crippen LogP contribution < -0.4 is 10.2 Å². The molecule has 1 aromatic rings. The number of amides is 1. The minimum atomic E-state index is -1.14. The van der Waals surface area contributed by atoms with Crippen molar-refractivity contribution in [2.24, 2.45) is 0 Å². The lowest BCUT2D eigenvalue weighted by Crippen LogP contribution is -2.49. The third-order valence-electron chi connectivity index (χ3n) is 2.94. The van der Waals surface area contributed by atoms with E-state index in [1.54, 1.807) is 6.92 Å². The number of hydrogen-bond donors (Lipinski definition) is 3. The summed E-state index contributed by atoms with van der Waals surface area (Å²) >= 11 is 0. The monoisotopic (exact) mass is 272 g/mol. The van der Waals surface area contributed by atoms with Gasteiger partial charge in [0.25, 0.3) is 0 Å². The molecule has 5 nitrogen and oxygen atoms in total. The lowest BCUT2D eigenvalue weighted by molar-refractivity contribution is -0.119. The predicted molar refractivity (Wildman–Crippen MR) is 64.9 cm³/mol.